The Labute approximate surface area is 95.2 Å². The fraction of sp³-hybridized carbons (Fsp3) is 0.909. The van der Waals surface area contributed by atoms with Gasteiger partial charge in [-0.3, -0.25) is 4.79 Å². The van der Waals surface area contributed by atoms with Gasteiger partial charge in [0.2, 0.25) is 0 Å². The van der Waals surface area contributed by atoms with Crippen molar-refractivity contribution in [1.29, 1.82) is 0 Å². The second kappa shape index (κ2) is 3.68. The van der Waals surface area contributed by atoms with Crippen LogP contribution in [0.4, 0.5) is 0 Å². The minimum Gasteiger partial charge on any atom is -0.481 e. The molecule has 2 atom stereocenters. The van der Waals surface area contributed by atoms with E-state index >= 15 is 0 Å². The van der Waals surface area contributed by atoms with Crippen molar-refractivity contribution in [2.24, 2.45) is 5.41 Å². The molecule has 1 aliphatic heterocycles. The number of hydrogen-bond acceptors (Lipinski definition) is 4. The maximum Gasteiger partial charge on any atom is 0.305 e. The Hall–Kier alpha value is -0.650. The van der Waals surface area contributed by atoms with Crippen molar-refractivity contribution in [3.8, 4) is 0 Å². The molecule has 2 fully saturated rings. The third kappa shape index (κ3) is 1.83. The van der Waals surface area contributed by atoms with Crippen molar-refractivity contribution in [3.63, 3.8) is 0 Å². The molecule has 5 nitrogen and oxygen atoms in total. The average Bonchev–Trinajstić information content (AvgIpc) is 2.12. The summed E-state index contributed by atoms with van der Waals surface area (Å²) in [5.41, 5.74) is -0.463. The molecule has 5 heteroatoms. The molecule has 0 radical (unpaired) electrons. The summed E-state index contributed by atoms with van der Waals surface area (Å²) in [6, 6.07) is 0.212. The molecule has 0 bridgehead atoms. The van der Waals surface area contributed by atoms with Gasteiger partial charge in [-0.25, -0.2) is 0 Å². The van der Waals surface area contributed by atoms with Gasteiger partial charge in [-0.05, 0) is 6.42 Å². The molecule has 1 aliphatic carbocycles. The Bertz CT molecular complexity index is 300. The Morgan fingerprint density at radius 1 is 1.50 bits per heavy atom. The van der Waals surface area contributed by atoms with E-state index in [1.165, 1.54) is 0 Å². The van der Waals surface area contributed by atoms with E-state index in [-0.39, 0.29) is 29.5 Å². The second-order valence-electron chi connectivity index (χ2n) is 5.72. The number of carboxylic acids is 1. The molecule has 1 saturated carbocycles. The number of rotatable bonds is 4. The van der Waals surface area contributed by atoms with Gasteiger partial charge in [0.1, 0.15) is 0 Å². The summed E-state index contributed by atoms with van der Waals surface area (Å²) in [5, 5.41) is 25.1. The Balaban J connectivity index is 1.95. The number of aliphatic hydroxyl groups excluding tert-OH is 1. The Morgan fingerprint density at radius 3 is 2.44 bits per heavy atom. The van der Waals surface area contributed by atoms with Crippen molar-refractivity contribution in [2.45, 2.75) is 44.4 Å². The highest BCUT2D eigenvalue weighted by Crippen LogP contribution is 2.41. The van der Waals surface area contributed by atoms with Crippen LogP contribution in [-0.2, 0) is 4.79 Å². The molecule has 1 heterocycles. The van der Waals surface area contributed by atoms with Crippen LogP contribution in [0.25, 0.3) is 0 Å². The van der Waals surface area contributed by atoms with Crippen LogP contribution < -0.4 is 10.6 Å². The molecule has 1 saturated heterocycles. The fourth-order valence-corrected chi connectivity index (χ4v) is 2.51. The van der Waals surface area contributed by atoms with Crippen molar-refractivity contribution >= 4 is 5.97 Å². The van der Waals surface area contributed by atoms with Gasteiger partial charge < -0.3 is 20.8 Å². The highest BCUT2D eigenvalue weighted by molar-refractivity contribution is 5.68. The van der Waals surface area contributed by atoms with Crippen LogP contribution in [0.3, 0.4) is 0 Å². The molecule has 0 amide bonds. The maximum atomic E-state index is 10.8. The van der Waals surface area contributed by atoms with Crippen LogP contribution >= 0.6 is 0 Å². The smallest absolute Gasteiger partial charge is 0.305 e. The van der Waals surface area contributed by atoms with Crippen molar-refractivity contribution < 1.29 is 15.0 Å². The van der Waals surface area contributed by atoms with Crippen molar-refractivity contribution in [1.82, 2.24) is 10.6 Å². The highest BCUT2D eigenvalue weighted by atomic mass is 16.4. The molecule has 2 unspecified atom stereocenters. The lowest BCUT2D eigenvalue weighted by Crippen LogP contribution is -2.75. The predicted molar refractivity (Wildman–Crippen MR) is 59.2 cm³/mol. The number of aliphatic carboxylic acids is 1. The van der Waals surface area contributed by atoms with E-state index in [4.69, 9.17) is 5.11 Å². The van der Waals surface area contributed by atoms with Crippen LogP contribution in [-0.4, -0.2) is 47.0 Å². The van der Waals surface area contributed by atoms with Crippen LogP contribution in [0.1, 0.15) is 26.7 Å². The fourth-order valence-electron chi connectivity index (χ4n) is 2.51. The first-order valence-corrected chi connectivity index (χ1v) is 5.74. The molecule has 4 N–H and O–H groups in total. The van der Waals surface area contributed by atoms with E-state index in [1.54, 1.807) is 0 Å². The van der Waals surface area contributed by atoms with Crippen LogP contribution in [0.5, 0.6) is 0 Å². The molecule has 16 heavy (non-hydrogen) atoms. The quantitative estimate of drug-likeness (QED) is 0.524. The molecule has 0 aromatic rings. The van der Waals surface area contributed by atoms with Crippen LogP contribution in [0.15, 0.2) is 0 Å². The molecule has 0 aromatic heterocycles. The maximum absolute atomic E-state index is 10.8. The van der Waals surface area contributed by atoms with E-state index in [9.17, 15) is 9.90 Å². The zero-order valence-electron chi connectivity index (χ0n) is 9.79. The molecule has 2 rings (SSSR count). The summed E-state index contributed by atoms with van der Waals surface area (Å²) in [6.07, 6.45) is 0.580. The number of aliphatic hydroxyl groups is 1. The van der Waals surface area contributed by atoms with Gasteiger partial charge in [0.25, 0.3) is 0 Å². The summed E-state index contributed by atoms with van der Waals surface area (Å²) >= 11 is 0. The summed E-state index contributed by atoms with van der Waals surface area (Å²) in [6.45, 7) is 5.42. The zero-order chi connectivity index (χ0) is 12.0. The molecule has 0 spiro atoms. The van der Waals surface area contributed by atoms with Gasteiger partial charge >= 0.3 is 5.97 Å². The lowest BCUT2D eigenvalue weighted by molar-refractivity contribution is -0.140. The van der Waals surface area contributed by atoms with E-state index in [1.807, 2.05) is 13.8 Å². The number of carbonyl (C=O) groups is 1. The van der Waals surface area contributed by atoms with Crippen LogP contribution in [0, 0.1) is 5.41 Å². The normalized spacial score (nSPS) is 34.9. The van der Waals surface area contributed by atoms with E-state index in [0.29, 0.717) is 19.5 Å². The average molecular weight is 228 g/mol. The van der Waals surface area contributed by atoms with Crippen LogP contribution in [0.2, 0.25) is 0 Å². The monoisotopic (exact) mass is 228 g/mol. The summed E-state index contributed by atoms with van der Waals surface area (Å²) in [4.78, 5) is 10.8. The van der Waals surface area contributed by atoms with Gasteiger partial charge in [0.15, 0.2) is 0 Å². The number of nitrogens with one attached hydrogen (secondary N) is 2. The Morgan fingerprint density at radius 2 is 2.12 bits per heavy atom. The van der Waals surface area contributed by atoms with Crippen molar-refractivity contribution in [3.05, 3.63) is 0 Å². The first-order chi connectivity index (χ1) is 7.36. The highest BCUT2D eigenvalue weighted by Gasteiger charge is 2.51. The number of hydrogen-bond donors (Lipinski definition) is 4. The second-order valence-corrected chi connectivity index (χ2v) is 5.72. The predicted octanol–water partition coefficient (Wildman–Crippen LogP) is -0.448. The standard InChI is InChI=1S/C11H20N2O3/c1-10(2)7(3-8(10)14)13-11(4-9(15)16)5-12-6-11/h7-8,12-14H,3-6H2,1-2H3,(H,15,16). The van der Waals surface area contributed by atoms with Gasteiger partial charge in [-0.15, -0.1) is 0 Å². The lowest BCUT2D eigenvalue weighted by atomic mass is 9.63. The molecule has 92 valence electrons. The third-order valence-corrected chi connectivity index (χ3v) is 4.11. The summed E-state index contributed by atoms with van der Waals surface area (Å²) < 4.78 is 0. The SMILES string of the molecule is CC1(C)C(O)CC1NC1(CC(=O)O)CNC1. The minimum atomic E-state index is -0.772. The topological polar surface area (TPSA) is 81.6 Å². The van der Waals surface area contributed by atoms with Gasteiger partial charge in [-0.1, -0.05) is 13.8 Å². The van der Waals surface area contributed by atoms with E-state index < -0.39 is 5.97 Å². The minimum absolute atomic E-state index is 0.142. The largest absolute Gasteiger partial charge is 0.481 e. The molecular weight excluding hydrogens is 208 g/mol. The van der Waals surface area contributed by atoms with Gasteiger partial charge in [-0.2, -0.15) is 0 Å². The van der Waals surface area contributed by atoms with E-state index in [2.05, 4.69) is 10.6 Å². The van der Waals surface area contributed by atoms with Gasteiger partial charge in [0, 0.05) is 24.5 Å². The van der Waals surface area contributed by atoms with E-state index in [0.717, 1.165) is 0 Å². The molecule has 0 aromatic carbocycles. The van der Waals surface area contributed by atoms with Gasteiger partial charge in [0.05, 0.1) is 18.1 Å². The summed E-state index contributed by atoms with van der Waals surface area (Å²) in [7, 11) is 0. The molecule has 2 aliphatic rings. The first-order valence-electron chi connectivity index (χ1n) is 5.74. The third-order valence-electron chi connectivity index (χ3n) is 4.11. The molecular formula is C11H20N2O3. The number of carboxylic acid groups (broad SMARTS) is 1. The summed E-state index contributed by atoms with van der Waals surface area (Å²) in [5.74, 6) is -0.772. The first kappa shape index (κ1) is 11.8. The Kier molecular flexibility index (Phi) is 2.72. The lowest BCUT2D eigenvalue weighted by Gasteiger charge is -2.55. The van der Waals surface area contributed by atoms with Crippen molar-refractivity contribution in [2.75, 3.05) is 13.1 Å². The zero-order valence-corrected chi connectivity index (χ0v) is 9.79.